The van der Waals surface area contributed by atoms with Gasteiger partial charge in [0.05, 0.1) is 21.8 Å². The molecule has 170 valence electrons. The van der Waals surface area contributed by atoms with Crippen molar-refractivity contribution in [1.82, 2.24) is 23.8 Å². The lowest BCUT2D eigenvalue weighted by molar-refractivity contribution is 0.0696. The van der Waals surface area contributed by atoms with Gasteiger partial charge in [0.15, 0.2) is 5.65 Å². The molecule has 1 aromatic carbocycles. The number of carbonyl (C=O) groups excluding carboxylic acids is 1. The molecule has 1 atom stereocenters. The van der Waals surface area contributed by atoms with Crippen LogP contribution in [0.15, 0.2) is 41.4 Å². The van der Waals surface area contributed by atoms with Crippen molar-refractivity contribution in [2.45, 2.75) is 44.9 Å². The highest BCUT2D eigenvalue weighted by Gasteiger charge is 2.31. The second-order valence-corrected chi connectivity index (χ2v) is 10.3. The second-order valence-electron chi connectivity index (χ2n) is 8.39. The Morgan fingerprint density at radius 3 is 2.38 bits per heavy atom. The number of hydrogen-bond donors (Lipinski definition) is 0. The summed E-state index contributed by atoms with van der Waals surface area (Å²) < 4.78 is 29.3. The Kier molecular flexibility index (Phi) is 6.05. The van der Waals surface area contributed by atoms with E-state index in [2.05, 4.69) is 23.9 Å². The third kappa shape index (κ3) is 4.02. The molecule has 3 heterocycles. The van der Waals surface area contributed by atoms with Gasteiger partial charge in [-0.3, -0.25) is 4.79 Å². The van der Waals surface area contributed by atoms with Gasteiger partial charge in [-0.25, -0.2) is 17.9 Å². The number of carbonyl (C=O) groups is 1. The molecule has 3 aromatic rings. The summed E-state index contributed by atoms with van der Waals surface area (Å²) in [7, 11) is -3.59. The first-order valence-corrected chi connectivity index (χ1v) is 12.4. The standard InChI is InChI=1S/C23H29N5O3S/c1-5-16(2)19-6-8-20(9-7-19)32(30,31)27-12-10-26(11-13-27)23(29)21-15-24-22-14-17(3)25-28(22)18(21)4/h6-9,14-16H,5,10-13H2,1-4H3. The highest BCUT2D eigenvalue weighted by atomic mass is 32.2. The van der Waals surface area contributed by atoms with E-state index in [-0.39, 0.29) is 19.0 Å². The third-order valence-corrected chi connectivity index (χ3v) is 8.21. The van der Waals surface area contributed by atoms with Crippen LogP contribution >= 0.6 is 0 Å². The van der Waals surface area contributed by atoms with E-state index < -0.39 is 10.0 Å². The molecule has 4 rings (SSSR count). The highest BCUT2D eigenvalue weighted by molar-refractivity contribution is 7.89. The van der Waals surface area contributed by atoms with Gasteiger partial charge in [-0.05, 0) is 43.9 Å². The lowest BCUT2D eigenvalue weighted by atomic mass is 9.99. The molecule has 1 aliphatic rings. The molecule has 8 nitrogen and oxygen atoms in total. The summed E-state index contributed by atoms with van der Waals surface area (Å²) in [6.07, 6.45) is 2.58. The summed E-state index contributed by atoms with van der Waals surface area (Å²) in [5, 5.41) is 4.40. The van der Waals surface area contributed by atoms with Crippen molar-refractivity contribution in [2.75, 3.05) is 26.2 Å². The second kappa shape index (κ2) is 8.63. The number of aromatic nitrogens is 3. The molecule has 0 bridgehead atoms. The molecule has 9 heteroatoms. The Morgan fingerprint density at radius 1 is 1.09 bits per heavy atom. The summed E-state index contributed by atoms with van der Waals surface area (Å²) >= 11 is 0. The van der Waals surface area contributed by atoms with E-state index in [1.54, 1.807) is 27.7 Å². The summed E-state index contributed by atoms with van der Waals surface area (Å²) in [6, 6.07) is 9.02. The maximum atomic E-state index is 13.1. The van der Waals surface area contributed by atoms with E-state index in [1.807, 2.05) is 32.0 Å². The van der Waals surface area contributed by atoms with Crippen LogP contribution in [-0.2, 0) is 10.0 Å². The average Bonchev–Trinajstić information content (AvgIpc) is 3.20. The zero-order chi connectivity index (χ0) is 23.0. The van der Waals surface area contributed by atoms with E-state index in [4.69, 9.17) is 0 Å². The summed E-state index contributed by atoms with van der Waals surface area (Å²) in [5.74, 6) is 0.240. The predicted octanol–water partition coefficient (Wildman–Crippen LogP) is 3.01. The summed E-state index contributed by atoms with van der Waals surface area (Å²) in [6.45, 7) is 9.15. The molecular formula is C23H29N5O3S. The Hall–Kier alpha value is -2.78. The minimum atomic E-state index is -3.59. The van der Waals surface area contributed by atoms with Gasteiger partial charge in [-0.15, -0.1) is 0 Å². The minimum Gasteiger partial charge on any atom is -0.336 e. The zero-order valence-corrected chi connectivity index (χ0v) is 19.8. The van der Waals surface area contributed by atoms with Gasteiger partial charge in [0.25, 0.3) is 5.91 Å². The molecule has 0 N–H and O–H groups in total. The topological polar surface area (TPSA) is 87.9 Å². The van der Waals surface area contributed by atoms with Crippen molar-refractivity contribution in [3.8, 4) is 0 Å². The van der Waals surface area contributed by atoms with Crippen molar-refractivity contribution in [3.05, 3.63) is 59.0 Å². The van der Waals surface area contributed by atoms with Crippen LogP contribution in [0, 0.1) is 13.8 Å². The van der Waals surface area contributed by atoms with Crippen LogP contribution in [-0.4, -0.2) is 64.3 Å². The van der Waals surface area contributed by atoms with Gasteiger partial charge in [0.1, 0.15) is 0 Å². The normalized spacial score (nSPS) is 16.4. The van der Waals surface area contributed by atoms with Crippen molar-refractivity contribution in [2.24, 2.45) is 0 Å². The average molecular weight is 456 g/mol. The molecule has 0 aliphatic carbocycles. The molecule has 0 radical (unpaired) electrons. The predicted molar refractivity (Wildman–Crippen MR) is 122 cm³/mol. The smallest absolute Gasteiger partial charge is 0.257 e. The number of fused-ring (bicyclic) bond motifs is 1. The van der Waals surface area contributed by atoms with Crippen LogP contribution in [0.3, 0.4) is 0 Å². The maximum Gasteiger partial charge on any atom is 0.257 e. The van der Waals surface area contributed by atoms with Crippen molar-refractivity contribution >= 4 is 21.6 Å². The van der Waals surface area contributed by atoms with E-state index >= 15 is 0 Å². The number of piperazine rings is 1. The van der Waals surface area contributed by atoms with Crippen molar-refractivity contribution in [1.29, 1.82) is 0 Å². The van der Waals surface area contributed by atoms with Gasteiger partial charge in [-0.1, -0.05) is 26.0 Å². The molecule has 1 aliphatic heterocycles. The minimum absolute atomic E-state index is 0.153. The van der Waals surface area contributed by atoms with Crippen LogP contribution in [0.25, 0.3) is 5.65 Å². The fourth-order valence-corrected chi connectivity index (χ4v) is 5.45. The van der Waals surface area contributed by atoms with Crippen LogP contribution in [0.5, 0.6) is 0 Å². The maximum absolute atomic E-state index is 13.1. The number of hydrogen-bond acceptors (Lipinski definition) is 5. The largest absolute Gasteiger partial charge is 0.336 e. The van der Waals surface area contributed by atoms with E-state index in [9.17, 15) is 13.2 Å². The van der Waals surface area contributed by atoms with Crippen LogP contribution in [0.2, 0.25) is 0 Å². The lowest BCUT2D eigenvalue weighted by Gasteiger charge is -2.34. The van der Waals surface area contributed by atoms with Gasteiger partial charge >= 0.3 is 0 Å². The molecule has 1 fully saturated rings. The molecule has 1 saturated heterocycles. The number of aryl methyl sites for hydroxylation is 2. The van der Waals surface area contributed by atoms with Gasteiger partial charge < -0.3 is 4.90 Å². The van der Waals surface area contributed by atoms with Gasteiger partial charge in [0, 0.05) is 38.4 Å². The summed E-state index contributed by atoms with van der Waals surface area (Å²) in [5.41, 5.74) is 3.88. The molecular weight excluding hydrogens is 426 g/mol. The third-order valence-electron chi connectivity index (χ3n) is 6.30. The quantitative estimate of drug-likeness (QED) is 0.590. The fraction of sp³-hybridized carbons (Fsp3) is 0.435. The monoisotopic (exact) mass is 455 g/mol. The number of rotatable bonds is 5. The fourth-order valence-electron chi connectivity index (χ4n) is 4.03. The molecule has 32 heavy (non-hydrogen) atoms. The number of benzene rings is 1. The zero-order valence-electron chi connectivity index (χ0n) is 18.9. The Balaban J connectivity index is 1.46. The first-order chi connectivity index (χ1) is 15.2. The highest BCUT2D eigenvalue weighted by Crippen LogP contribution is 2.23. The molecule has 0 spiro atoms. The van der Waals surface area contributed by atoms with Crippen molar-refractivity contribution < 1.29 is 13.2 Å². The Labute approximate surface area is 188 Å². The number of sulfonamides is 1. The molecule has 2 aromatic heterocycles. The number of nitrogens with zero attached hydrogens (tertiary/aromatic N) is 5. The van der Waals surface area contributed by atoms with Crippen LogP contribution in [0.1, 0.15) is 53.5 Å². The van der Waals surface area contributed by atoms with E-state index in [1.165, 1.54) is 4.31 Å². The lowest BCUT2D eigenvalue weighted by Crippen LogP contribution is -2.50. The summed E-state index contributed by atoms with van der Waals surface area (Å²) in [4.78, 5) is 19.4. The number of amides is 1. The molecule has 1 amide bonds. The van der Waals surface area contributed by atoms with Crippen molar-refractivity contribution in [3.63, 3.8) is 0 Å². The van der Waals surface area contributed by atoms with Gasteiger partial charge in [-0.2, -0.15) is 9.40 Å². The first kappa shape index (κ1) is 22.4. The van der Waals surface area contributed by atoms with Gasteiger partial charge in [0.2, 0.25) is 10.0 Å². The molecule has 0 saturated carbocycles. The van der Waals surface area contributed by atoms with Crippen LogP contribution in [0.4, 0.5) is 0 Å². The Bertz CT molecular complexity index is 1240. The SMILES string of the molecule is CCC(C)c1ccc(S(=O)(=O)N2CCN(C(=O)c3cnc4cc(C)nn4c3C)CC2)cc1. The van der Waals surface area contributed by atoms with E-state index in [0.717, 1.165) is 23.4 Å². The van der Waals surface area contributed by atoms with E-state index in [0.29, 0.717) is 35.1 Å². The Morgan fingerprint density at radius 2 is 1.75 bits per heavy atom. The molecule has 1 unspecified atom stereocenters. The van der Waals surface area contributed by atoms with Crippen LogP contribution < -0.4 is 0 Å². The first-order valence-electron chi connectivity index (χ1n) is 10.9.